The molecule has 1 aliphatic carbocycles. The van der Waals surface area contributed by atoms with Crippen molar-refractivity contribution in [2.45, 2.75) is 38.5 Å². The van der Waals surface area contributed by atoms with Gasteiger partial charge < -0.3 is 5.32 Å². The lowest BCUT2D eigenvalue weighted by atomic mass is 9.76. The normalized spacial score (nSPS) is 19.5. The van der Waals surface area contributed by atoms with E-state index in [-0.39, 0.29) is 0 Å². The molecule has 1 saturated heterocycles. The average Bonchev–Trinajstić information content (AvgIpc) is 2.81. The third kappa shape index (κ3) is 3.91. The minimum atomic E-state index is 0.405. The molecule has 136 valence electrons. The van der Waals surface area contributed by atoms with Gasteiger partial charge in [-0.3, -0.25) is 4.98 Å². The first-order valence-electron chi connectivity index (χ1n) is 9.11. The van der Waals surface area contributed by atoms with Gasteiger partial charge in [-0.25, -0.2) is 0 Å². The first kappa shape index (κ1) is 19.6. The molecule has 0 saturated carbocycles. The van der Waals surface area contributed by atoms with Crippen LogP contribution < -0.4 is 5.32 Å². The summed E-state index contributed by atoms with van der Waals surface area (Å²) in [5.41, 5.74) is 7.03. The van der Waals surface area contributed by atoms with Crippen molar-refractivity contribution < 1.29 is 0 Å². The Morgan fingerprint density at radius 1 is 1.04 bits per heavy atom. The fourth-order valence-electron chi connectivity index (χ4n) is 4.40. The van der Waals surface area contributed by atoms with Crippen molar-refractivity contribution in [2.75, 3.05) is 13.1 Å². The van der Waals surface area contributed by atoms with Gasteiger partial charge in [-0.05, 0) is 102 Å². The third-order valence-electron chi connectivity index (χ3n) is 5.45. The highest BCUT2D eigenvalue weighted by Crippen LogP contribution is 2.45. The van der Waals surface area contributed by atoms with Gasteiger partial charge in [0.25, 0.3) is 0 Å². The minimum Gasteiger partial charge on any atom is -0.317 e. The van der Waals surface area contributed by atoms with Crippen molar-refractivity contribution in [3.8, 4) is 12.8 Å². The van der Waals surface area contributed by atoms with Crippen LogP contribution in [0.3, 0.4) is 0 Å². The van der Waals surface area contributed by atoms with Crippen LogP contribution in [0, 0.1) is 25.7 Å². The molecule has 1 atom stereocenters. The molecule has 2 nitrogen and oxygen atoms in total. The van der Waals surface area contributed by atoms with Crippen molar-refractivity contribution in [3.63, 3.8) is 0 Å². The second-order valence-corrected chi connectivity index (χ2v) is 8.85. The van der Waals surface area contributed by atoms with Gasteiger partial charge in [0.1, 0.15) is 0 Å². The molecule has 1 N–H and O–H groups in total. The lowest BCUT2D eigenvalue weighted by Crippen LogP contribution is -2.32. The van der Waals surface area contributed by atoms with Gasteiger partial charge in [0.15, 0.2) is 0 Å². The zero-order chi connectivity index (χ0) is 18.7. The summed E-state index contributed by atoms with van der Waals surface area (Å²) in [6.45, 7) is 4.43. The number of nitrogens with zero attached hydrogens (tertiary/aromatic N) is 1. The number of terminal acetylenes is 1. The van der Waals surface area contributed by atoms with E-state index in [0.29, 0.717) is 11.8 Å². The number of hydrogen-bond acceptors (Lipinski definition) is 2. The smallest absolute Gasteiger partial charge is 0.0514 e. The fourth-order valence-corrected chi connectivity index (χ4v) is 5.64. The molecule has 1 aromatic carbocycles. The van der Waals surface area contributed by atoms with E-state index in [0.717, 1.165) is 30.4 Å². The molecule has 1 unspecified atom stereocenters. The zero-order valence-electron chi connectivity index (χ0n) is 15.1. The third-order valence-corrected chi connectivity index (χ3v) is 6.54. The van der Waals surface area contributed by atoms with Crippen molar-refractivity contribution in [1.82, 2.24) is 10.3 Å². The van der Waals surface area contributed by atoms with Gasteiger partial charge in [-0.2, -0.15) is 0 Å². The number of aromatic nitrogens is 1. The fraction of sp³-hybridized carbons (Fsp3) is 0.409. The summed E-state index contributed by atoms with van der Waals surface area (Å²) in [6.07, 6.45) is 14.6. The quantitative estimate of drug-likeness (QED) is 0.559. The summed E-state index contributed by atoms with van der Waals surface area (Å²) in [5, 5.41) is 3.51. The first-order chi connectivity index (χ1) is 12.6. The molecule has 0 radical (unpaired) electrons. The van der Waals surface area contributed by atoms with E-state index in [1.165, 1.54) is 45.3 Å². The number of benzene rings is 1. The average molecular weight is 476 g/mol. The standard InChI is InChI=1S/C20H22Br2N2.C2H2/c1-12-8-14-2-3-15-10-16(21)11-24-20(15)19(18(14)17(22)9-12)13-4-6-23-7-5-13;1-2/h8-11,13,19,23H,2-7H2,1H3;1-2H. The molecule has 1 fully saturated rings. The minimum absolute atomic E-state index is 0.405. The summed E-state index contributed by atoms with van der Waals surface area (Å²) in [5.74, 6) is 1.07. The van der Waals surface area contributed by atoms with E-state index in [1.54, 1.807) is 0 Å². The van der Waals surface area contributed by atoms with Crippen LogP contribution in [-0.4, -0.2) is 18.1 Å². The van der Waals surface area contributed by atoms with E-state index < -0.39 is 0 Å². The molecule has 4 rings (SSSR count). The van der Waals surface area contributed by atoms with E-state index in [2.05, 4.69) is 75.1 Å². The van der Waals surface area contributed by atoms with Crippen molar-refractivity contribution >= 4 is 31.9 Å². The molecular weight excluding hydrogens is 452 g/mol. The van der Waals surface area contributed by atoms with Crippen LogP contribution in [0.15, 0.2) is 33.3 Å². The summed E-state index contributed by atoms with van der Waals surface area (Å²) in [4.78, 5) is 4.91. The van der Waals surface area contributed by atoms with Gasteiger partial charge in [0.05, 0.1) is 5.69 Å². The Kier molecular flexibility index (Phi) is 6.55. The molecule has 0 spiro atoms. The molecule has 2 aromatic rings. The van der Waals surface area contributed by atoms with Crippen LogP contribution in [0.1, 0.15) is 46.7 Å². The maximum atomic E-state index is 4.91. The van der Waals surface area contributed by atoms with E-state index in [9.17, 15) is 0 Å². The van der Waals surface area contributed by atoms with Crippen LogP contribution in [0.5, 0.6) is 0 Å². The topological polar surface area (TPSA) is 24.9 Å². The highest BCUT2D eigenvalue weighted by Gasteiger charge is 2.34. The molecule has 1 aromatic heterocycles. The summed E-state index contributed by atoms with van der Waals surface area (Å²) in [7, 11) is 0. The highest BCUT2D eigenvalue weighted by molar-refractivity contribution is 9.10. The number of nitrogens with one attached hydrogen (secondary N) is 1. The van der Waals surface area contributed by atoms with Crippen LogP contribution in [0.4, 0.5) is 0 Å². The number of aryl methyl sites for hydroxylation is 3. The zero-order valence-corrected chi connectivity index (χ0v) is 18.2. The van der Waals surface area contributed by atoms with E-state index in [4.69, 9.17) is 4.98 Å². The Morgan fingerprint density at radius 3 is 2.46 bits per heavy atom. The number of halogens is 2. The lowest BCUT2D eigenvalue weighted by Gasteiger charge is -2.32. The molecule has 1 aliphatic heterocycles. The molecule has 0 amide bonds. The van der Waals surface area contributed by atoms with Gasteiger partial charge in [-0.1, -0.05) is 22.0 Å². The lowest BCUT2D eigenvalue weighted by molar-refractivity contribution is 0.338. The molecule has 26 heavy (non-hydrogen) atoms. The van der Waals surface area contributed by atoms with Gasteiger partial charge in [0, 0.05) is 21.1 Å². The van der Waals surface area contributed by atoms with Crippen LogP contribution in [-0.2, 0) is 12.8 Å². The SMILES string of the molecule is C#C.Cc1cc(Br)c2c(c1)CCc1cc(Br)cnc1C2C1CCNCC1. The largest absolute Gasteiger partial charge is 0.317 e. The van der Waals surface area contributed by atoms with Crippen LogP contribution in [0.25, 0.3) is 0 Å². The van der Waals surface area contributed by atoms with Crippen molar-refractivity contribution in [2.24, 2.45) is 5.92 Å². The number of fused-ring (bicyclic) bond motifs is 2. The summed E-state index contributed by atoms with van der Waals surface area (Å²) >= 11 is 7.50. The predicted molar refractivity (Wildman–Crippen MR) is 116 cm³/mol. The molecule has 2 aliphatic rings. The number of piperidine rings is 1. The first-order valence-corrected chi connectivity index (χ1v) is 10.7. The summed E-state index contributed by atoms with van der Waals surface area (Å²) < 4.78 is 2.35. The van der Waals surface area contributed by atoms with Gasteiger partial charge >= 0.3 is 0 Å². The molecule has 0 bridgehead atoms. The monoisotopic (exact) mass is 474 g/mol. The maximum Gasteiger partial charge on any atom is 0.0514 e. The second-order valence-electron chi connectivity index (χ2n) is 7.08. The molecule has 4 heteroatoms. The highest BCUT2D eigenvalue weighted by atomic mass is 79.9. The van der Waals surface area contributed by atoms with Gasteiger partial charge in [0.2, 0.25) is 0 Å². The molecular formula is C22H24Br2N2. The Balaban J connectivity index is 0.000000948. The van der Waals surface area contributed by atoms with Crippen LogP contribution in [0.2, 0.25) is 0 Å². The Labute approximate surface area is 173 Å². The summed E-state index contributed by atoms with van der Waals surface area (Å²) in [6, 6.07) is 6.94. The van der Waals surface area contributed by atoms with E-state index >= 15 is 0 Å². The Bertz CT molecular complexity index is 807. The Morgan fingerprint density at radius 2 is 1.73 bits per heavy atom. The maximum absolute atomic E-state index is 4.91. The Hall–Kier alpha value is -1.15. The molecule has 2 heterocycles. The van der Waals surface area contributed by atoms with Crippen molar-refractivity contribution in [1.29, 1.82) is 0 Å². The number of pyridine rings is 1. The number of rotatable bonds is 1. The van der Waals surface area contributed by atoms with Crippen LogP contribution >= 0.6 is 31.9 Å². The predicted octanol–water partition coefficient (Wildman–Crippen LogP) is 5.39. The van der Waals surface area contributed by atoms with Crippen molar-refractivity contribution in [3.05, 3.63) is 61.3 Å². The number of hydrogen-bond donors (Lipinski definition) is 1. The van der Waals surface area contributed by atoms with E-state index in [1.807, 2.05) is 6.20 Å². The van der Waals surface area contributed by atoms with Gasteiger partial charge in [-0.15, -0.1) is 12.8 Å². The second kappa shape index (κ2) is 8.69.